The number of aliphatic hydroxyl groups excluding tert-OH is 1. The number of aliphatic hydroxyl groups is 1. The molecule has 0 aromatic heterocycles. The van der Waals surface area contributed by atoms with E-state index in [2.05, 4.69) is 17.4 Å². The third-order valence-electron chi connectivity index (χ3n) is 5.26. The zero-order valence-corrected chi connectivity index (χ0v) is 17.7. The van der Waals surface area contributed by atoms with Gasteiger partial charge < -0.3 is 24.9 Å². The Morgan fingerprint density at radius 2 is 2.03 bits per heavy atom. The highest BCUT2D eigenvalue weighted by atomic mass is 35.5. The van der Waals surface area contributed by atoms with Crippen LogP contribution in [0, 0.1) is 0 Å². The van der Waals surface area contributed by atoms with E-state index in [0.717, 1.165) is 24.2 Å². The molecule has 2 aromatic carbocycles. The first kappa shape index (κ1) is 22.1. The van der Waals surface area contributed by atoms with Gasteiger partial charge in [0.2, 0.25) is 0 Å². The number of carbonyl (C=O) groups is 1. The smallest absolute Gasteiger partial charge is 0.181 e. The van der Waals surface area contributed by atoms with Crippen molar-refractivity contribution < 1.29 is 14.6 Å². The topological polar surface area (TPSA) is 61.8 Å². The highest BCUT2D eigenvalue weighted by Gasteiger charge is 2.46. The number of carbonyl (C=O) groups excluding carboxylic acids is 1. The number of rotatable bonds is 11. The van der Waals surface area contributed by atoms with Crippen molar-refractivity contribution in [1.82, 2.24) is 5.32 Å². The molecular formula is C22H26Cl2N2O3. The van der Waals surface area contributed by atoms with E-state index in [1.165, 1.54) is 5.56 Å². The second-order valence-electron chi connectivity index (χ2n) is 7.05. The molecule has 2 atom stereocenters. The third-order valence-corrected chi connectivity index (χ3v) is 6.00. The first-order valence-electron chi connectivity index (χ1n) is 9.73. The fourth-order valence-corrected chi connectivity index (χ4v) is 4.41. The van der Waals surface area contributed by atoms with Crippen LogP contribution >= 0.6 is 23.2 Å². The van der Waals surface area contributed by atoms with Crippen LogP contribution in [0.3, 0.4) is 0 Å². The van der Waals surface area contributed by atoms with Gasteiger partial charge in [0, 0.05) is 36.8 Å². The molecule has 2 N–H and O–H groups in total. The van der Waals surface area contributed by atoms with Gasteiger partial charge in [0.05, 0.1) is 12.5 Å². The summed E-state index contributed by atoms with van der Waals surface area (Å²) in [5, 5.41) is 14.8. The Labute approximate surface area is 181 Å². The van der Waals surface area contributed by atoms with Gasteiger partial charge in [-0.3, -0.25) is 0 Å². The minimum Gasteiger partial charge on any atom is -0.388 e. The summed E-state index contributed by atoms with van der Waals surface area (Å²) in [6, 6.07) is 15.7. The van der Waals surface area contributed by atoms with Crippen molar-refractivity contribution in [3.05, 3.63) is 64.7 Å². The van der Waals surface area contributed by atoms with Crippen molar-refractivity contribution in [2.45, 2.75) is 31.2 Å². The van der Waals surface area contributed by atoms with Crippen LogP contribution in [0.4, 0.5) is 5.69 Å². The standard InChI is InChI=1S/C22H26Cl2N2O3/c23-16-22(21(28)10-13-27,26-12-9-18-19(24)7-4-8-20(18)26)29-14-11-25-15-17-5-2-1-3-6-17/h1-8,13,21,25,28H,9-12,14-16H2. The largest absolute Gasteiger partial charge is 0.388 e. The van der Waals surface area contributed by atoms with E-state index in [-0.39, 0.29) is 12.3 Å². The van der Waals surface area contributed by atoms with Gasteiger partial charge in [-0.1, -0.05) is 48.0 Å². The van der Waals surface area contributed by atoms with Crippen molar-refractivity contribution in [1.29, 1.82) is 0 Å². The number of fused-ring (bicyclic) bond motifs is 1. The van der Waals surface area contributed by atoms with Crippen LogP contribution in [-0.2, 0) is 22.5 Å². The number of halogens is 2. The average Bonchev–Trinajstić information content (AvgIpc) is 3.18. The van der Waals surface area contributed by atoms with E-state index in [1.54, 1.807) is 0 Å². The molecule has 0 spiro atoms. The Morgan fingerprint density at radius 3 is 2.76 bits per heavy atom. The number of ether oxygens (including phenoxy) is 1. The maximum absolute atomic E-state index is 11.1. The number of hydrogen-bond donors (Lipinski definition) is 2. The van der Waals surface area contributed by atoms with Crippen LogP contribution in [0.15, 0.2) is 48.5 Å². The zero-order chi connectivity index (χ0) is 20.7. The molecule has 2 aromatic rings. The number of hydrogen-bond acceptors (Lipinski definition) is 5. The summed E-state index contributed by atoms with van der Waals surface area (Å²) in [4.78, 5) is 13.1. The fourth-order valence-electron chi connectivity index (χ4n) is 3.74. The molecule has 156 valence electrons. The molecule has 1 heterocycles. The maximum atomic E-state index is 11.1. The van der Waals surface area contributed by atoms with Crippen LogP contribution < -0.4 is 10.2 Å². The summed E-state index contributed by atoms with van der Waals surface area (Å²) in [5.41, 5.74) is 1.88. The molecule has 5 nitrogen and oxygen atoms in total. The third kappa shape index (κ3) is 4.93. The van der Waals surface area contributed by atoms with Gasteiger partial charge in [-0.2, -0.15) is 0 Å². The molecule has 0 aliphatic carbocycles. The van der Waals surface area contributed by atoms with Gasteiger partial charge >= 0.3 is 0 Å². The SMILES string of the molecule is O=CCC(O)C(CCl)(OCCNCc1ccccc1)N1CCc2c(Cl)cccc21. The predicted octanol–water partition coefficient (Wildman–Crippen LogP) is 3.39. The lowest BCUT2D eigenvalue weighted by atomic mass is 10.0. The van der Waals surface area contributed by atoms with E-state index in [4.69, 9.17) is 27.9 Å². The molecule has 0 saturated heterocycles. The predicted molar refractivity (Wildman–Crippen MR) is 117 cm³/mol. The van der Waals surface area contributed by atoms with Gasteiger partial charge in [-0.25, -0.2) is 0 Å². The molecule has 0 amide bonds. The second kappa shape index (κ2) is 10.4. The second-order valence-corrected chi connectivity index (χ2v) is 7.72. The lowest BCUT2D eigenvalue weighted by Gasteiger charge is -2.44. The summed E-state index contributed by atoms with van der Waals surface area (Å²) in [6.07, 6.45) is 0.308. The first-order valence-corrected chi connectivity index (χ1v) is 10.6. The minimum atomic E-state index is -1.20. The molecule has 0 fully saturated rings. The highest BCUT2D eigenvalue weighted by molar-refractivity contribution is 6.31. The Hall–Kier alpha value is -1.63. The monoisotopic (exact) mass is 436 g/mol. The zero-order valence-electron chi connectivity index (χ0n) is 16.2. The molecular weight excluding hydrogens is 411 g/mol. The number of anilines is 1. The summed E-state index contributed by atoms with van der Waals surface area (Å²) in [7, 11) is 0. The van der Waals surface area contributed by atoms with Crippen molar-refractivity contribution in [3.63, 3.8) is 0 Å². The van der Waals surface area contributed by atoms with E-state index in [0.29, 0.717) is 31.0 Å². The van der Waals surface area contributed by atoms with E-state index in [9.17, 15) is 9.90 Å². The molecule has 0 radical (unpaired) electrons. The first-order chi connectivity index (χ1) is 14.1. The quantitative estimate of drug-likeness (QED) is 0.321. The number of alkyl halides is 1. The summed E-state index contributed by atoms with van der Waals surface area (Å²) in [5.74, 6) is 0.0205. The van der Waals surface area contributed by atoms with Gasteiger partial charge in [-0.15, -0.1) is 11.6 Å². The van der Waals surface area contributed by atoms with Crippen LogP contribution in [0.5, 0.6) is 0 Å². The minimum absolute atomic E-state index is 0.0205. The molecule has 29 heavy (non-hydrogen) atoms. The van der Waals surface area contributed by atoms with Gasteiger partial charge in [-0.05, 0) is 29.7 Å². The van der Waals surface area contributed by atoms with Crippen molar-refractivity contribution in [2.75, 3.05) is 30.5 Å². The van der Waals surface area contributed by atoms with Crippen LogP contribution in [-0.4, -0.2) is 48.8 Å². The molecule has 7 heteroatoms. The Kier molecular flexibility index (Phi) is 7.92. The van der Waals surface area contributed by atoms with Crippen molar-refractivity contribution in [2.24, 2.45) is 0 Å². The normalized spacial score (nSPS) is 16.3. The summed E-state index contributed by atoms with van der Waals surface area (Å²) < 4.78 is 6.19. The molecule has 1 aliphatic rings. The number of aldehydes is 1. The number of benzene rings is 2. The van der Waals surface area contributed by atoms with Crippen LogP contribution in [0.25, 0.3) is 0 Å². The van der Waals surface area contributed by atoms with Gasteiger partial charge in [0.15, 0.2) is 5.72 Å². The van der Waals surface area contributed by atoms with E-state index >= 15 is 0 Å². The van der Waals surface area contributed by atoms with Gasteiger partial charge in [0.1, 0.15) is 12.4 Å². The lowest BCUT2D eigenvalue weighted by Crippen LogP contribution is -2.61. The van der Waals surface area contributed by atoms with E-state index < -0.39 is 11.8 Å². The maximum Gasteiger partial charge on any atom is 0.181 e. The lowest BCUT2D eigenvalue weighted by molar-refractivity contribution is -0.125. The molecule has 0 saturated carbocycles. The van der Waals surface area contributed by atoms with Gasteiger partial charge in [0.25, 0.3) is 0 Å². The molecule has 2 unspecified atom stereocenters. The van der Waals surface area contributed by atoms with Crippen LogP contribution in [0.2, 0.25) is 5.02 Å². The summed E-state index contributed by atoms with van der Waals surface area (Å²) in [6.45, 7) is 2.25. The number of nitrogens with one attached hydrogen (secondary N) is 1. The Morgan fingerprint density at radius 1 is 1.24 bits per heavy atom. The summed E-state index contributed by atoms with van der Waals surface area (Å²) >= 11 is 12.7. The van der Waals surface area contributed by atoms with Crippen molar-refractivity contribution >= 4 is 35.2 Å². The molecule has 3 rings (SSSR count). The Bertz CT molecular complexity index is 806. The highest BCUT2D eigenvalue weighted by Crippen LogP contribution is 2.40. The molecule has 0 bridgehead atoms. The Balaban J connectivity index is 1.71. The van der Waals surface area contributed by atoms with Crippen molar-refractivity contribution in [3.8, 4) is 0 Å². The van der Waals surface area contributed by atoms with E-state index in [1.807, 2.05) is 41.3 Å². The fraction of sp³-hybridized carbons (Fsp3) is 0.409. The van der Waals surface area contributed by atoms with Crippen LogP contribution in [0.1, 0.15) is 17.5 Å². The number of nitrogens with zero attached hydrogens (tertiary/aromatic N) is 1. The molecule has 1 aliphatic heterocycles. The average molecular weight is 437 g/mol.